The lowest BCUT2D eigenvalue weighted by molar-refractivity contribution is -0.152. The number of hydrogen-bond acceptors (Lipinski definition) is 4. The van der Waals surface area contributed by atoms with Crippen LogP contribution in [0.2, 0.25) is 0 Å². The molecule has 0 unspecified atom stereocenters. The van der Waals surface area contributed by atoms with Gasteiger partial charge in [0.2, 0.25) is 0 Å². The zero-order valence-corrected chi connectivity index (χ0v) is 12.8. The zero-order chi connectivity index (χ0) is 15.4. The van der Waals surface area contributed by atoms with Gasteiger partial charge in [-0.2, -0.15) is 0 Å². The molecular formula is C16H22N4O2. The molecule has 2 aliphatic heterocycles. The maximum atomic E-state index is 12.3. The van der Waals surface area contributed by atoms with Crippen molar-refractivity contribution in [3.05, 3.63) is 24.5 Å². The molecule has 0 aromatic carbocycles. The molecule has 1 aromatic heterocycles. The minimum absolute atomic E-state index is 0.322. The van der Waals surface area contributed by atoms with Crippen LogP contribution in [0.3, 0.4) is 0 Å². The number of carbonyl (C=O) groups is 2. The first-order valence-electron chi connectivity index (χ1n) is 7.99. The molecule has 2 fully saturated rings. The van der Waals surface area contributed by atoms with Crippen LogP contribution in [-0.2, 0) is 9.59 Å². The molecule has 0 bridgehead atoms. The Hall–Kier alpha value is -2.11. The molecule has 6 heteroatoms. The van der Waals surface area contributed by atoms with E-state index in [4.69, 9.17) is 0 Å². The molecule has 2 amide bonds. The first-order chi connectivity index (χ1) is 10.8. The van der Waals surface area contributed by atoms with Crippen LogP contribution >= 0.6 is 0 Å². The molecule has 0 saturated carbocycles. The van der Waals surface area contributed by atoms with Gasteiger partial charge in [0.1, 0.15) is 0 Å². The van der Waals surface area contributed by atoms with Crippen LogP contribution in [0, 0.1) is 0 Å². The number of piperazine rings is 1. The second kappa shape index (κ2) is 6.77. The van der Waals surface area contributed by atoms with Gasteiger partial charge >= 0.3 is 11.8 Å². The molecule has 0 radical (unpaired) electrons. The lowest BCUT2D eigenvalue weighted by Gasteiger charge is -2.36. The summed E-state index contributed by atoms with van der Waals surface area (Å²) in [4.78, 5) is 34.2. The van der Waals surface area contributed by atoms with Crippen LogP contribution in [0.25, 0.3) is 0 Å². The molecule has 2 aliphatic rings. The Kier molecular flexibility index (Phi) is 4.56. The van der Waals surface area contributed by atoms with Crippen LogP contribution in [0.4, 0.5) is 5.69 Å². The van der Waals surface area contributed by atoms with Gasteiger partial charge < -0.3 is 14.7 Å². The molecule has 22 heavy (non-hydrogen) atoms. The number of piperidine rings is 1. The van der Waals surface area contributed by atoms with Crippen molar-refractivity contribution in [1.82, 2.24) is 14.8 Å². The van der Waals surface area contributed by atoms with Crippen molar-refractivity contribution in [2.45, 2.75) is 19.3 Å². The van der Waals surface area contributed by atoms with Gasteiger partial charge in [0.05, 0.1) is 0 Å². The van der Waals surface area contributed by atoms with E-state index in [1.807, 2.05) is 12.1 Å². The molecule has 2 saturated heterocycles. The first kappa shape index (κ1) is 14.8. The summed E-state index contributed by atoms with van der Waals surface area (Å²) in [7, 11) is 0. The summed E-state index contributed by atoms with van der Waals surface area (Å²) in [6.07, 6.45) is 6.71. The van der Waals surface area contributed by atoms with Gasteiger partial charge in [-0.1, -0.05) is 0 Å². The Morgan fingerprint density at radius 3 is 1.91 bits per heavy atom. The second-order valence-corrected chi connectivity index (χ2v) is 5.84. The number of nitrogens with zero attached hydrogens (tertiary/aromatic N) is 4. The van der Waals surface area contributed by atoms with Crippen molar-refractivity contribution in [3.63, 3.8) is 0 Å². The van der Waals surface area contributed by atoms with Crippen molar-refractivity contribution in [1.29, 1.82) is 0 Å². The highest BCUT2D eigenvalue weighted by Crippen LogP contribution is 2.15. The molecule has 0 aliphatic carbocycles. The van der Waals surface area contributed by atoms with Gasteiger partial charge in [0, 0.05) is 57.3 Å². The first-order valence-corrected chi connectivity index (χ1v) is 7.99. The fraction of sp³-hybridized carbons (Fsp3) is 0.562. The van der Waals surface area contributed by atoms with E-state index in [9.17, 15) is 9.59 Å². The minimum atomic E-state index is -0.337. The highest BCUT2D eigenvalue weighted by atomic mass is 16.2. The van der Waals surface area contributed by atoms with E-state index in [1.165, 1.54) is 0 Å². The number of pyridine rings is 1. The SMILES string of the molecule is O=C(C(=O)N1CCN(c2ccncc2)CC1)N1CCCCC1. The zero-order valence-electron chi connectivity index (χ0n) is 12.8. The summed E-state index contributed by atoms with van der Waals surface area (Å²) < 4.78 is 0. The van der Waals surface area contributed by atoms with Crippen molar-refractivity contribution < 1.29 is 9.59 Å². The van der Waals surface area contributed by atoms with E-state index in [1.54, 1.807) is 22.2 Å². The van der Waals surface area contributed by atoms with Crippen LogP contribution in [0.15, 0.2) is 24.5 Å². The molecule has 3 rings (SSSR count). The van der Waals surface area contributed by atoms with Crippen LogP contribution < -0.4 is 4.90 Å². The van der Waals surface area contributed by atoms with Crippen LogP contribution in [0.5, 0.6) is 0 Å². The highest BCUT2D eigenvalue weighted by Gasteiger charge is 2.30. The monoisotopic (exact) mass is 302 g/mol. The molecule has 1 aromatic rings. The van der Waals surface area contributed by atoms with Gasteiger partial charge in [-0.25, -0.2) is 0 Å². The highest BCUT2D eigenvalue weighted by molar-refractivity contribution is 6.34. The van der Waals surface area contributed by atoms with Crippen LogP contribution in [0.1, 0.15) is 19.3 Å². The Bertz CT molecular complexity index is 520. The Balaban J connectivity index is 1.54. The molecule has 6 nitrogen and oxygen atoms in total. The van der Waals surface area contributed by atoms with Crippen molar-refractivity contribution in [3.8, 4) is 0 Å². The molecule has 0 atom stereocenters. The lowest BCUT2D eigenvalue weighted by Crippen LogP contribution is -2.54. The summed E-state index contributed by atoms with van der Waals surface area (Å²) in [5, 5.41) is 0. The number of anilines is 1. The number of amides is 2. The third-order valence-electron chi connectivity index (χ3n) is 4.42. The average Bonchev–Trinajstić information content (AvgIpc) is 2.62. The second-order valence-electron chi connectivity index (χ2n) is 5.84. The molecule has 3 heterocycles. The molecular weight excluding hydrogens is 280 g/mol. The van der Waals surface area contributed by atoms with E-state index in [-0.39, 0.29) is 11.8 Å². The Morgan fingerprint density at radius 1 is 0.773 bits per heavy atom. The number of likely N-dealkylation sites (tertiary alicyclic amines) is 1. The lowest BCUT2D eigenvalue weighted by atomic mass is 10.1. The van der Waals surface area contributed by atoms with Gasteiger partial charge in [-0.3, -0.25) is 14.6 Å². The summed E-state index contributed by atoms with van der Waals surface area (Å²) in [5.74, 6) is -0.659. The van der Waals surface area contributed by atoms with E-state index in [0.717, 1.165) is 51.1 Å². The number of rotatable bonds is 1. The third-order valence-corrected chi connectivity index (χ3v) is 4.42. The fourth-order valence-electron chi connectivity index (χ4n) is 3.09. The summed E-state index contributed by atoms with van der Waals surface area (Å²) in [5.41, 5.74) is 1.12. The smallest absolute Gasteiger partial charge is 0.312 e. The minimum Gasteiger partial charge on any atom is -0.368 e. The van der Waals surface area contributed by atoms with E-state index in [2.05, 4.69) is 9.88 Å². The molecule has 118 valence electrons. The van der Waals surface area contributed by atoms with Gasteiger partial charge in [0.15, 0.2) is 0 Å². The van der Waals surface area contributed by atoms with Crippen molar-refractivity contribution in [2.75, 3.05) is 44.2 Å². The van der Waals surface area contributed by atoms with Crippen molar-refractivity contribution in [2.24, 2.45) is 0 Å². The van der Waals surface area contributed by atoms with E-state index < -0.39 is 0 Å². The maximum Gasteiger partial charge on any atom is 0.312 e. The Morgan fingerprint density at radius 2 is 1.32 bits per heavy atom. The fourth-order valence-corrected chi connectivity index (χ4v) is 3.09. The number of aromatic nitrogens is 1. The molecule has 0 spiro atoms. The number of carbonyl (C=O) groups excluding carboxylic acids is 2. The maximum absolute atomic E-state index is 12.3. The molecule has 0 N–H and O–H groups in total. The van der Waals surface area contributed by atoms with Gasteiger partial charge in [-0.15, -0.1) is 0 Å². The van der Waals surface area contributed by atoms with Crippen LogP contribution in [-0.4, -0.2) is 65.9 Å². The quantitative estimate of drug-likeness (QED) is 0.718. The van der Waals surface area contributed by atoms with E-state index >= 15 is 0 Å². The van der Waals surface area contributed by atoms with Gasteiger partial charge in [0.25, 0.3) is 0 Å². The number of hydrogen-bond donors (Lipinski definition) is 0. The Labute approximate surface area is 130 Å². The normalized spacial score (nSPS) is 19.2. The van der Waals surface area contributed by atoms with E-state index in [0.29, 0.717) is 13.1 Å². The van der Waals surface area contributed by atoms with Gasteiger partial charge in [-0.05, 0) is 31.4 Å². The predicted molar refractivity (Wildman–Crippen MR) is 83.5 cm³/mol. The summed E-state index contributed by atoms with van der Waals surface area (Å²) in [6.45, 7) is 4.15. The third kappa shape index (κ3) is 3.21. The predicted octanol–water partition coefficient (Wildman–Crippen LogP) is 0.743. The average molecular weight is 302 g/mol. The summed E-state index contributed by atoms with van der Waals surface area (Å²) in [6, 6.07) is 3.94. The standard InChI is InChI=1S/C16H22N4O2/c21-15(19-8-2-1-3-9-19)16(22)20-12-10-18(11-13-20)14-4-6-17-7-5-14/h4-7H,1-3,8-13H2. The van der Waals surface area contributed by atoms with Crippen molar-refractivity contribution >= 4 is 17.5 Å². The topological polar surface area (TPSA) is 56.8 Å². The summed E-state index contributed by atoms with van der Waals surface area (Å²) >= 11 is 0. The largest absolute Gasteiger partial charge is 0.368 e.